The van der Waals surface area contributed by atoms with Crippen molar-refractivity contribution in [3.8, 4) is 33.9 Å². The second kappa shape index (κ2) is 18.9. The summed E-state index contributed by atoms with van der Waals surface area (Å²) in [5.74, 6) is 0. The van der Waals surface area contributed by atoms with Gasteiger partial charge in [-0.15, -0.1) is 0 Å². The molecule has 490 valence electrons. The van der Waals surface area contributed by atoms with Crippen LogP contribution in [0.2, 0.25) is 0 Å². The highest BCUT2D eigenvalue weighted by molar-refractivity contribution is 7.01. The molecule has 6 heteroatoms. The summed E-state index contributed by atoms with van der Waals surface area (Å²) >= 11 is 0. The van der Waals surface area contributed by atoms with Crippen molar-refractivity contribution in [2.75, 3.05) is 0 Å². The Labute approximate surface area is 581 Å². The summed E-state index contributed by atoms with van der Waals surface area (Å²) in [7, 11) is 0. The van der Waals surface area contributed by atoms with E-state index in [1.54, 1.807) is 0 Å². The molecule has 18 rings (SSSR count). The normalized spacial score (nSPS) is 14.7. The highest BCUT2D eigenvalue weighted by atomic mass is 15.1. The van der Waals surface area contributed by atoms with E-state index >= 15 is 0 Å². The third-order valence-corrected chi connectivity index (χ3v) is 23.9. The van der Waals surface area contributed by atoms with Crippen molar-refractivity contribution in [1.82, 2.24) is 18.3 Å². The smallest absolute Gasteiger partial charge is 0.252 e. The van der Waals surface area contributed by atoms with Crippen LogP contribution in [0.4, 0.5) is 0 Å². The van der Waals surface area contributed by atoms with Crippen LogP contribution in [-0.2, 0) is 43.3 Å². The Hall–Kier alpha value is -8.47. The molecule has 0 spiro atoms. The van der Waals surface area contributed by atoms with Gasteiger partial charge in [0.1, 0.15) is 0 Å². The summed E-state index contributed by atoms with van der Waals surface area (Å²) in [5.41, 5.74) is 36.7. The van der Waals surface area contributed by atoms with E-state index in [4.69, 9.17) is 0 Å². The molecule has 0 saturated heterocycles. The van der Waals surface area contributed by atoms with Gasteiger partial charge in [-0.3, -0.25) is 0 Å². The van der Waals surface area contributed by atoms with Crippen LogP contribution in [0.3, 0.4) is 0 Å². The van der Waals surface area contributed by atoms with E-state index in [2.05, 4.69) is 330 Å². The molecule has 0 radical (unpaired) electrons. The summed E-state index contributed by atoms with van der Waals surface area (Å²) in [6.45, 7) is 57.3. The van der Waals surface area contributed by atoms with Gasteiger partial charge >= 0.3 is 0 Å². The SMILES string of the molecule is CC(C)(C)c1ccc2c(c1)c1cc(C(C)(C)C)cc3c1n2-c1cc(-c2cc4c5c(c2)-n2c6ccc(C(C)(C)C)cc6c6cc(C(C)(C)C)cc(c62)B5c2cc(C(C)(C)C)cc5c6cc(C(C)(C)C)ccc6n-4c25)cc2c1B3c1cc(C(C)(C)C)cc3c4cc(C(C)(C)C)ccc4n-2c13. The predicted molar refractivity (Wildman–Crippen MR) is 428 cm³/mol. The summed E-state index contributed by atoms with van der Waals surface area (Å²) in [6.07, 6.45) is 0. The lowest BCUT2D eigenvalue weighted by molar-refractivity contribution is 0.590. The van der Waals surface area contributed by atoms with Gasteiger partial charge in [0.25, 0.3) is 13.4 Å². The second-order valence-electron chi connectivity index (χ2n) is 38.8. The number of hydrogen-bond acceptors (Lipinski definition) is 0. The fourth-order valence-electron chi connectivity index (χ4n) is 18.1. The van der Waals surface area contributed by atoms with Crippen LogP contribution in [0.1, 0.15) is 211 Å². The predicted octanol–water partition coefficient (Wildman–Crippen LogP) is 20.4. The number of hydrogen-bond donors (Lipinski definition) is 0. The Morgan fingerprint density at radius 1 is 0.204 bits per heavy atom. The highest BCUT2D eigenvalue weighted by Gasteiger charge is 2.46. The number of rotatable bonds is 1. The molecule has 14 aromatic rings. The summed E-state index contributed by atoms with van der Waals surface area (Å²) in [5, 5.41) is 10.7. The minimum Gasteiger partial charge on any atom is -0.310 e. The lowest BCUT2D eigenvalue weighted by atomic mass is 9.33. The minimum absolute atomic E-state index is 0.0362. The number of aromatic nitrogens is 4. The lowest BCUT2D eigenvalue weighted by Crippen LogP contribution is -2.60. The van der Waals surface area contributed by atoms with E-state index in [-0.39, 0.29) is 56.7 Å². The Balaban J connectivity index is 1.04. The number of benzene rings is 10. The van der Waals surface area contributed by atoms with Gasteiger partial charge in [-0.2, -0.15) is 0 Å². The number of nitrogens with zero attached hydrogens (tertiary/aromatic N) is 4. The first-order valence-electron chi connectivity index (χ1n) is 36.5. The molecule has 8 heterocycles. The zero-order chi connectivity index (χ0) is 69.2. The Bertz CT molecular complexity index is 5270. The zero-order valence-corrected chi connectivity index (χ0v) is 62.8. The van der Waals surface area contributed by atoms with Crippen molar-refractivity contribution in [2.45, 2.75) is 209 Å². The average Bonchev–Trinajstić information content (AvgIpc) is 1.45. The third kappa shape index (κ3) is 8.39. The van der Waals surface area contributed by atoms with Gasteiger partial charge in [-0.1, -0.05) is 215 Å². The summed E-state index contributed by atoms with van der Waals surface area (Å²) in [4.78, 5) is 0. The molecule has 0 saturated carbocycles. The molecule has 0 aliphatic carbocycles. The molecule has 4 aromatic heterocycles. The molecule has 0 N–H and O–H groups in total. The Morgan fingerprint density at radius 2 is 0.388 bits per heavy atom. The maximum atomic E-state index is 2.73. The van der Waals surface area contributed by atoms with E-state index in [1.165, 1.54) is 198 Å². The molecule has 0 unspecified atom stereocenters. The van der Waals surface area contributed by atoms with E-state index in [1.807, 2.05) is 0 Å². The average molecular weight is 1280 g/mol. The second-order valence-corrected chi connectivity index (χ2v) is 38.8. The van der Waals surface area contributed by atoms with E-state index in [0.717, 1.165) is 0 Å². The zero-order valence-electron chi connectivity index (χ0n) is 62.8. The van der Waals surface area contributed by atoms with E-state index in [0.29, 0.717) is 0 Å². The summed E-state index contributed by atoms with van der Waals surface area (Å²) < 4.78 is 10.9. The minimum atomic E-state index is -0.100. The van der Waals surface area contributed by atoms with E-state index in [9.17, 15) is 0 Å². The van der Waals surface area contributed by atoms with Crippen LogP contribution < -0.4 is 32.8 Å². The third-order valence-electron chi connectivity index (χ3n) is 23.9. The van der Waals surface area contributed by atoms with Crippen molar-refractivity contribution in [3.63, 3.8) is 0 Å². The van der Waals surface area contributed by atoms with Gasteiger partial charge < -0.3 is 18.3 Å². The Morgan fingerprint density at radius 3 is 0.571 bits per heavy atom. The monoisotopic (exact) mass is 1280 g/mol. The first kappa shape index (κ1) is 61.8. The van der Waals surface area contributed by atoms with Crippen LogP contribution in [-0.4, -0.2) is 31.7 Å². The topological polar surface area (TPSA) is 19.7 Å². The van der Waals surface area contributed by atoms with Crippen molar-refractivity contribution >= 4 is 133 Å². The van der Waals surface area contributed by atoms with Crippen LogP contribution in [0.25, 0.3) is 121 Å². The van der Waals surface area contributed by atoms with Crippen molar-refractivity contribution < 1.29 is 0 Å². The van der Waals surface area contributed by atoms with Crippen molar-refractivity contribution in [3.05, 3.63) is 190 Å². The van der Waals surface area contributed by atoms with Gasteiger partial charge in [-0.05, 0) is 229 Å². The van der Waals surface area contributed by atoms with Crippen LogP contribution in [0, 0.1) is 0 Å². The van der Waals surface area contributed by atoms with Gasteiger partial charge in [0, 0.05) is 87.9 Å². The summed E-state index contributed by atoms with van der Waals surface area (Å²) in [6, 6.07) is 61.2. The molecule has 4 aliphatic rings. The first-order chi connectivity index (χ1) is 45.6. The maximum Gasteiger partial charge on any atom is 0.252 e. The molecule has 4 nitrogen and oxygen atoms in total. The molecule has 4 aliphatic heterocycles. The van der Waals surface area contributed by atoms with E-state index < -0.39 is 0 Å². The van der Waals surface area contributed by atoms with Crippen LogP contribution in [0.5, 0.6) is 0 Å². The van der Waals surface area contributed by atoms with Gasteiger partial charge in [0.15, 0.2) is 0 Å². The lowest BCUT2D eigenvalue weighted by Gasteiger charge is -2.37. The maximum absolute atomic E-state index is 2.73. The largest absolute Gasteiger partial charge is 0.310 e. The fourth-order valence-corrected chi connectivity index (χ4v) is 18.1. The first-order valence-corrected chi connectivity index (χ1v) is 36.5. The molecule has 0 atom stereocenters. The van der Waals surface area contributed by atoms with Gasteiger partial charge in [0.05, 0.1) is 22.1 Å². The molecule has 0 fully saturated rings. The standard InChI is InChI=1S/C92H96B2N4/c1-85(2,3)51-25-29-71-59(37-51)63-41-55(89(13,14)15)45-67-81(63)95(71)75-33-49(34-76-79(75)93(67)68-46-56(90(16,17)18)42-64-60-38-52(86(4,5)6)26-30-72(60)96(76)82(64)68)50-35-77-80-78(36-50)98-74-32-28-54(88(10,11)12)40-62(74)66-44-58(92(22,23)24)48-70(84(66)98)94(80)69-47-57(91(19,20)21)43-65-61-39-53(87(7,8)9)27-31-73(61)97(77)83(65)69/h25-48H,1-24H3. The number of fused-ring (bicyclic) bond motifs is 20. The van der Waals surface area contributed by atoms with Crippen LogP contribution >= 0.6 is 0 Å². The van der Waals surface area contributed by atoms with Crippen LogP contribution in [0.15, 0.2) is 146 Å². The van der Waals surface area contributed by atoms with Crippen molar-refractivity contribution in [2.24, 2.45) is 0 Å². The molecule has 98 heavy (non-hydrogen) atoms. The molecule has 10 aromatic carbocycles. The van der Waals surface area contributed by atoms with Gasteiger partial charge in [0.2, 0.25) is 0 Å². The molecular weight excluding hydrogens is 1180 g/mol. The molecule has 0 bridgehead atoms. The fraction of sp³-hybridized carbons (Fsp3) is 0.348. The van der Waals surface area contributed by atoms with Gasteiger partial charge in [-0.25, -0.2) is 0 Å². The molecular formula is C92H96B2N4. The molecule has 0 amide bonds. The van der Waals surface area contributed by atoms with Crippen molar-refractivity contribution in [1.29, 1.82) is 0 Å². The quantitative estimate of drug-likeness (QED) is 0.146. The highest BCUT2D eigenvalue weighted by Crippen LogP contribution is 2.49. The Kier molecular flexibility index (Phi) is 11.9.